The van der Waals surface area contributed by atoms with E-state index in [9.17, 15) is 19.2 Å². The Morgan fingerprint density at radius 3 is 1.12 bits per heavy atom. The Balaban J connectivity index is 1.67. The van der Waals surface area contributed by atoms with Crippen LogP contribution in [0.25, 0.3) is 0 Å². The highest BCUT2D eigenvalue weighted by atomic mass is 16.2. The molecule has 0 N–H and O–H groups in total. The summed E-state index contributed by atoms with van der Waals surface area (Å²) in [6.45, 7) is 4.66. The Morgan fingerprint density at radius 1 is 0.577 bits per heavy atom. The van der Waals surface area contributed by atoms with Crippen LogP contribution in [0.4, 0.5) is 0 Å². The highest BCUT2D eigenvalue weighted by Gasteiger charge is 2.76. The summed E-state index contributed by atoms with van der Waals surface area (Å²) in [5.74, 6) is -2.92. The minimum atomic E-state index is -0.404. The van der Waals surface area contributed by atoms with Crippen molar-refractivity contribution in [3.05, 3.63) is 22.3 Å². The second-order valence-corrected chi connectivity index (χ2v) is 10.5. The molecule has 0 radical (unpaired) electrons. The molecule has 10 aliphatic rings. The molecule has 6 fully saturated rings. The highest BCUT2D eigenvalue weighted by Crippen LogP contribution is 2.75. The lowest BCUT2D eigenvalue weighted by molar-refractivity contribution is -0.138. The minimum absolute atomic E-state index is 0.109. The van der Waals surface area contributed by atoms with Gasteiger partial charge in [-0.15, -0.1) is 0 Å². The topological polar surface area (TPSA) is 68.3 Å². The van der Waals surface area contributed by atoms with Gasteiger partial charge in [-0.05, 0) is 59.5 Å². The molecule has 26 heavy (non-hydrogen) atoms. The average Bonchev–Trinajstić information content (AvgIpc) is 3.29. The summed E-state index contributed by atoms with van der Waals surface area (Å²) < 4.78 is 0. The first-order valence-electron chi connectivity index (χ1n) is 9.87. The van der Waals surface area contributed by atoms with Gasteiger partial charge < -0.3 is 0 Å². The van der Waals surface area contributed by atoms with Crippen LogP contribution in [0.1, 0.15) is 39.5 Å². The summed E-state index contributed by atoms with van der Waals surface area (Å²) in [6, 6.07) is 0. The molecule has 0 aromatic carbocycles. The van der Waals surface area contributed by atoms with Crippen molar-refractivity contribution in [3.8, 4) is 0 Å². The van der Waals surface area contributed by atoms with Crippen LogP contribution in [0.5, 0.6) is 0 Å². The number of hydrogen-bond acceptors (Lipinski definition) is 4. The number of allylic oxidation sites excluding steroid dienone is 4. The number of ketones is 4. The van der Waals surface area contributed by atoms with E-state index in [2.05, 4.69) is 13.8 Å². The molecule has 4 atom stereocenters. The molecule has 10 aliphatic carbocycles. The monoisotopic (exact) mass is 348 g/mol. The third kappa shape index (κ3) is 1.10. The molecule has 0 aliphatic heterocycles. The standard InChI is InChI=1S/C22H20O4/c1-21-3-7-5-22(21,2)6-8(4-21)10-15-11-12-14(18(24)20(26)16(10)12)9(7)13(11)17(23)19(15)25/h11-16H,3-6H2,1-2H3. The zero-order chi connectivity index (χ0) is 17.9. The van der Waals surface area contributed by atoms with Gasteiger partial charge in [0.2, 0.25) is 23.1 Å². The van der Waals surface area contributed by atoms with Crippen molar-refractivity contribution < 1.29 is 19.2 Å². The van der Waals surface area contributed by atoms with E-state index in [1.165, 1.54) is 11.1 Å². The molecular weight excluding hydrogens is 328 g/mol. The normalized spacial score (nSPS) is 55.0. The quantitative estimate of drug-likeness (QED) is 0.497. The van der Waals surface area contributed by atoms with E-state index >= 15 is 0 Å². The van der Waals surface area contributed by atoms with E-state index < -0.39 is 23.7 Å². The molecule has 10 rings (SSSR count). The predicted octanol–water partition coefficient (Wildman–Crippen LogP) is 2.22. The number of rotatable bonds is 0. The fourth-order valence-corrected chi connectivity index (χ4v) is 8.64. The van der Waals surface area contributed by atoms with Gasteiger partial charge >= 0.3 is 0 Å². The Bertz CT molecular complexity index is 848. The summed E-state index contributed by atoms with van der Waals surface area (Å²) in [6.07, 6.45) is 3.67. The van der Waals surface area contributed by atoms with E-state index in [1.54, 1.807) is 0 Å². The van der Waals surface area contributed by atoms with Crippen LogP contribution in [0.15, 0.2) is 22.3 Å². The van der Waals surface area contributed by atoms with Crippen LogP contribution in [0.3, 0.4) is 0 Å². The molecule has 6 saturated carbocycles. The van der Waals surface area contributed by atoms with Gasteiger partial charge in [-0.3, -0.25) is 19.2 Å². The SMILES string of the molecule is CC12CC3=C4C5C(=O)C(=O)C6C(=C(C1)CC2(C)C3)C1C(=O)C(=O)C4C1C56. The summed E-state index contributed by atoms with van der Waals surface area (Å²) in [4.78, 5) is 51.8. The van der Waals surface area contributed by atoms with Crippen LogP contribution >= 0.6 is 0 Å². The molecule has 12 bridgehead atoms. The molecule has 0 amide bonds. The minimum Gasteiger partial charge on any atom is -0.290 e. The lowest BCUT2D eigenvalue weighted by Gasteiger charge is -2.33. The molecule has 4 heteroatoms. The molecule has 4 nitrogen and oxygen atoms in total. The molecule has 0 heterocycles. The molecule has 0 spiro atoms. The van der Waals surface area contributed by atoms with Crippen LogP contribution < -0.4 is 0 Å². The Labute approximate surface area is 151 Å². The molecule has 0 aromatic heterocycles. The third-order valence-corrected chi connectivity index (χ3v) is 9.63. The molecule has 0 aromatic rings. The van der Waals surface area contributed by atoms with Crippen molar-refractivity contribution in [1.29, 1.82) is 0 Å². The van der Waals surface area contributed by atoms with Crippen molar-refractivity contribution in [1.82, 2.24) is 0 Å². The maximum atomic E-state index is 13.0. The van der Waals surface area contributed by atoms with Crippen molar-refractivity contribution in [2.45, 2.75) is 39.5 Å². The number of hydrogen-bond donors (Lipinski definition) is 0. The first kappa shape index (κ1) is 14.2. The summed E-state index contributed by atoms with van der Waals surface area (Å²) in [5, 5.41) is 0. The number of Topliss-reactive ketones (excluding diaryl/α,β-unsaturated/α-hetero) is 4. The van der Waals surface area contributed by atoms with Crippen molar-refractivity contribution in [2.24, 2.45) is 46.3 Å². The van der Waals surface area contributed by atoms with Gasteiger partial charge in [0.15, 0.2) is 0 Å². The van der Waals surface area contributed by atoms with Gasteiger partial charge in [0, 0.05) is 0 Å². The van der Waals surface area contributed by atoms with Gasteiger partial charge in [0.1, 0.15) is 0 Å². The second kappa shape index (κ2) is 3.61. The summed E-state index contributed by atoms with van der Waals surface area (Å²) in [5.41, 5.74) is 4.59. The van der Waals surface area contributed by atoms with Crippen molar-refractivity contribution >= 4 is 23.1 Å². The Morgan fingerprint density at radius 2 is 0.846 bits per heavy atom. The largest absolute Gasteiger partial charge is 0.290 e. The first-order valence-corrected chi connectivity index (χ1v) is 9.87. The second-order valence-electron chi connectivity index (χ2n) is 10.5. The number of carbonyl (C=O) groups excluding carboxylic acids is 4. The van der Waals surface area contributed by atoms with Crippen LogP contribution in [0, 0.1) is 46.3 Å². The zero-order valence-electron chi connectivity index (χ0n) is 14.9. The van der Waals surface area contributed by atoms with Gasteiger partial charge in [-0.1, -0.05) is 25.0 Å². The number of carbonyl (C=O) groups is 4. The van der Waals surface area contributed by atoms with Crippen LogP contribution in [0.2, 0.25) is 0 Å². The molecule has 0 saturated heterocycles. The first-order chi connectivity index (χ1) is 12.3. The van der Waals surface area contributed by atoms with E-state index in [4.69, 9.17) is 0 Å². The summed E-state index contributed by atoms with van der Waals surface area (Å²) in [7, 11) is 0. The predicted molar refractivity (Wildman–Crippen MR) is 89.7 cm³/mol. The van der Waals surface area contributed by atoms with Crippen LogP contribution in [-0.4, -0.2) is 23.1 Å². The lowest BCUT2D eigenvalue weighted by atomic mass is 9.71. The van der Waals surface area contributed by atoms with E-state index in [0.717, 1.165) is 36.8 Å². The van der Waals surface area contributed by atoms with Gasteiger partial charge in [-0.2, -0.15) is 0 Å². The van der Waals surface area contributed by atoms with Crippen LogP contribution in [-0.2, 0) is 19.2 Å². The van der Waals surface area contributed by atoms with E-state index in [-0.39, 0.29) is 45.8 Å². The maximum Gasteiger partial charge on any atom is 0.206 e. The molecular formula is C22H20O4. The van der Waals surface area contributed by atoms with Gasteiger partial charge in [0.25, 0.3) is 0 Å². The lowest BCUT2D eigenvalue weighted by Crippen LogP contribution is -2.27. The van der Waals surface area contributed by atoms with Crippen molar-refractivity contribution in [2.75, 3.05) is 0 Å². The van der Waals surface area contributed by atoms with Gasteiger partial charge in [-0.25, -0.2) is 0 Å². The third-order valence-electron chi connectivity index (χ3n) is 9.63. The molecule has 132 valence electrons. The average molecular weight is 348 g/mol. The summed E-state index contributed by atoms with van der Waals surface area (Å²) >= 11 is 0. The fraction of sp³-hybridized carbons (Fsp3) is 0.636. The highest BCUT2D eigenvalue weighted by molar-refractivity contribution is 6.47. The smallest absolute Gasteiger partial charge is 0.206 e. The zero-order valence-corrected chi connectivity index (χ0v) is 14.9. The Kier molecular flexibility index (Phi) is 1.98. The van der Waals surface area contributed by atoms with E-state index in [0.29, 0.717) is 0 Å². The van der Waals surface area contributed by atoms with Gasteiger partial charge in [0.05, 0.1) is 23.7 Å². The fourth-order valence-electron chi connectivity index (χ4n) is 8.64. The van der Waals surface area contributed by atoms with Crippen molar-refractivity contribution in [3.63, 3.8) is 0 Å². The molecule has 4 unspecified atom stereocenters. The Hall–Kier alpha value is -1.84. The van der Waals surface area contributed by atoms with E-state index in [1.807, 2.05) is 0 Å². The maximum absolute atomic E-state index is 13.0.